The largest absolute Gasteiger partial charge is 0.491 e. The van der Waals surface area contributed by atoms with E-state index in [-0.39, 0.29) is 12.2 Å². The smallest absolute Gasteiger partial charge is 0.159 e. The van der Waals surface area contributed by atoms with Gasteiger partial charge >= 0.3 is 0 Å². The van der Waals surface area contributed by atoms with Crippen molar-refractivity contribution in [1.29, 1.82) is 0 Å². The monoisotopic (exact) mass is 353 g/mol. The molecule has 26 heavy (non-hydrogen) atoms. The number of anilines is 1. The number of aromatic nitrogens is 4. The Morgan fingerprint density at radius 1 is 1.12 bits per heavy atom. The molecule has 3 aromatic rings. The van der Waals surface area contributed by atoms with E-state index in [0.717, 1.165) is 28.0 Å². The molecule has 4 rings (SSSR count). The van der Waals surface area contributed by atoms with Crippen LogP contribution in [0, 0.1) is 13.8 Å². The molecule has 2 aromatic heterocycles. The van der Waals surface area contributed by atoms with Crippen molar-refractivity contribution in [2.75, 3.05) is 18.0 Å². The lowest BCUT2D eigenvalue weighted by molar-refractivity contribution is 0.141. The van der Waals surface area contributed by atoms with Crippen molar-refractivity contribution in [2.45, 2.75) is 39.9 Å². The third kappa shape index (κ3) is 2.99. The Morgan fingerprint density at radius 2 is 1.85 bits per heavy atom. The van der Waals surface area contributed by atoms with Crippen LogP contribution in [0.3, 0.4) is 0 Å². The van der Waals surface area contributed by atoms with Gasteiger partial charge in [0.15, 0.2) is 5.82 Å². The van der Waals surface area contributed by atoms with Gasteiger partial charge < -0.3 is 14.7 Å². The lowest BCUT2D eigenvalue weighted by atomic mass is 10.1. The normalized spacial score (nSPS) is 14.9. The van der Waals surface area contributed by atoms with Gasteiger partial charge in [0.2, 0.25) is 0 Å². The Morgan fingerprint density at radius 3 is 2.54 bits per heavy atom. The van der Waals surface area contributed by atoms with E-state index in [1.54, 1.807) is 0 Å². The maximum Gasteiger partial charge on any atom is 0.159 e. The minimum atomic E-state index is -0.280. The Bertz CT molecular complexity index is 960. The summed E-state index contributed by atoms with van der Waals surface area (Å²) in [7, 11) is 0. The fourth-order valence-corrected chi connectivity index (χ4v) is 3.18. The minimum Gasteiger partial charge on any atom is -0.491 e. The summed E-state index contributed by atoms with van der Waals surface area (Å²) in [5.41, 5.74) is 2.03. The Balaban J connectivity index is 1.79. The van der Waals surface area contributed by atoms with Crippen LogP contribution in [0.15, 0.2) is 24.4 Å². The zero-order chi connectivity index (χ0) is 18.4. The molecule has 0 spiro atoms. The van der Waals surface area contributed by atoms with Gasteiger partial charge in [-0.2, -0.15) is 5.10 Å². The Hall–Kier alpha value is -2.67. The quantitative estimate of drug-likeness (QED) is 0.776. The molecular weight excluding hydrogens is 330 g/mol. The number of hydrogen-bond donors (Lipinski definition) is 1. The first-order valence-corrected chi connectivity index (χ1v) is 8.85. The molecule has 1 aromatic carbocycles. The van der Waals surface area contributed by atoms with Crippen LogP contribution in [0.1, 0.15) is 25.2 Å². The van der Waals surface area contributed by atoms with Crippen LogP contribution in [-0.4, -0.2) is 50.2 Å². The first-order chi connectivity index (χ1) is 12.4. The number of β-amino-alcohol motifs (C(OH)–C–C–N with tert-alkyl or cyclic N) is 1. The maximum atomic E-state index is 9.56. The summed E-state index contributed by atoms with van der Waals surface area (Å²) in [6, 6.07) is 6.01. The Kier molecular flexibility index (Phi) is 4.03. The molecule has 1 aliphatic rings. The second-order valence-corrected chi connectivity index (χ2v) is 7.09. The number of nitrogens with zero attached hydrogens (tertiary/aromatic N) is 5. The van der Waals surface area contributed by atoms with Crippen molar-refractivity contribution in [3.63, 3.8) is 0 Å². The number of rotatable bonds is 4. The molecule has 136 valence electrons. The first-order valence-electron chi connectivity index (χ1n) is 8.85. The number of fused-ring (bicyclic) bond motifs is 1. The highest BCUT2D eigenvalue weighted by molar-refractivity contribution is 5.83. The van der Waals surface area contributed by atoms with Gasteiger partial charge in [-0.1, -0.05) is 0 Å². The average Bonchev–Trinajstić information content (AvgIpc) is 2.93. The van der Waals surface area contributed by atoms with Crippen LogP contribution in [0.25, 0.3) is 16.7 Å². The van der Waals surface area contributed by atoms with Gasteiger partial charge in [0.1, 0.15) is 17.4 Å². The first kappa shape index (κ1) is 16.8. The molecule has 0 radical (unpaired) electrons. The molecule has 1 saturated heterocycles. The minimum absolute atomic E-state index is 0.105. The highest BCUT2D eigenvalue weighted by Gasteiger charge is 2.26. The summed E-state index contributed by atoms with van der Waals surface area (Å²) in [5, 5.41) is 15.1. The van der Waals surface area contributed by atoms with Gasteiger partial charge in [-0.25, -0.2) is 14.6 Å². The number of hydrogen-bond acceptors (Lipinski definition) is 6. The van der Waals surface area contributed by atoms with E-state index < -0.39 is 0 Å². The molecule has 7 nitrogen and oxygen atoms in total. The molecule has 0 aliphatic carbocycles. The van der Waals surface area contributed by atoms with Gasteiger partial charge in [0, 0.05) is 30.6 Å². The van der Waals surface area contributed by atoms with Gasteiger partial charge in [0.25, 0.3) is 0 Å². The molecule has 7 heteroatoms. The zero-order valence-electron chi connectivity index (χ0n) is 15.5. The highest BCUT2D eigenvalue weighted by Crippen LogP contribution is 2.28. The summed E-state index contributed by atoms with van der Waals surface area (Å²) in [5.74, 6) is 3.05. The number of aryl methyl sites for hydroxylation is 2. The van der Waals surface area contributed by atoms with E-state index >= 15 is 0 Å². The fraction of sp³-hybridized carbons (Fsp3) is 0.421. The summed E-state index contributed by atoms with van der Waals surface area (Å²) in [6.45, 7) is 9.14. The molecule has 0 amide bonds. The third-order valence-electron chi connectivity index (χ3n) is 4.44. The lowest BCUT2D eigenvalue weighted by Crippen LogP contribution is -2.51. The van der Waals surface area contributed by atoms with Gasteiger partial charge in [-0.15, -0.1) is 0 Å². The van der Waals surface area contributed by atoms with E-state index in [9.17, 15) is 5.11 Å². The highest BCUT2D eigenvalue weighted by atomic mass is 16.5. The van der Waals surface area contributed by atoms with Gasteiger partial charge in [-0.3, -0.25) is 0 Å². The van der Waals surface area contributed by atoms with E-state index in [2.05, 4.69) is 21.1 Å². The van der Waals surface area contributed by atoms with Crippen LogP contribution in [0.2, 0.25) is 0 Å². The topological polar surface area (TPSA) is 76.3 Å². The molecule has 0 unspecified atom stereocenters. The van der Waals surface area contributed by atoms with Crippen molar-refractivity contribution in [1.82, 2.24) is 19.7 Å². The van der Waals surface area contributed by atoms with Crippen LogP contribution >= 0.6 is 0 Å². The lowest BCUT2D eigenvalue weighted by Gasteiger charge is -2.36. The summed E-state index contributed by atoms with van der Waals surface area (Å²) >= 11 is 0. The van der Waals surface area contributed by atoms with Gasteiger partial charge in [-0.05, 0) is 39.3 Å². The molecular formula is C19H23N5O2. The van der Waals surface area contributed by atoms with Crippen molar-refractivity contribution < 1.29 is 9.84 Å². The van der Waals surface area contributed by atoms with Crippen LogP contribution in [0.4, 0.5) is 5.82 Å². The summed E-state index contributed by atoms with van der Waals surface area (Å²) < 4.78 is 7.74. The molecule has 0 bridgehead atoms. The predicted molar refractivity (Wildman–Crippen MR) is 100 cm³/mol. The van der Waals surface area contributed by atoms with Crippen LogP contribution < -0.4 is 9.64 Å². The van der Waals surface area contributed by atoms with Crippen molar-refractivity contribution in [2.24, 2.45) is 0 Å². The van der Waals surface area contributed by atoms with Crippen molar-refractivity contribution in [3.05, 3.63) is 35.8 Å². The molecule has 1 N–H and O–H groups in total. The molecule has 1 fully saturated rings. The summed E-state index contributed by atoms with van der Waals surface area (Å²) in [4.78, 5) is 11.1. The second kappa shape index (κ2) is 6.25. The average molecular weight is 353 g/mol. The maximum absolute atomic E-state index is 9.56. The fourth-order valence-electron chi connectivity index (χ4n) is 3.18. The summed E-state index contributed by atoms with van der Waals surface area (Å²) in [6.07, 6.45) is 1.66. The number of aliphatic hydroxyl groups is 1. The van der Waals surface area contributed by atoms with Crippen LogP contribution in [0.5, 0.6) is 5.75 Å². The van der Waals surface area contributed by atoms with E-state index in [1.165, 1.54) is 0 Å². The second-order valence-electron chi connectivity index (χ2n) is 7.09. The number of ether oxygens (including phenoxy) is 1. The standard InChI is InChI=1S/C19H23N5O2/c1-11(2)26-17-6-16-14(5-12(17)3)8-20-24(16)19-7-18(21-13(4)22-19)23-9-15(25)10-23/h5-8,11,15,25H,9-10H2,1-4H3. The zero-order valence-corrected chi connectivity index (χ0v) is 15.5. The SMILES string of the molecule is Cc1nc(N2CC(O)C2)cc(-n2ncc3cc(C)c(OC(C)C)cc32)n1. The number of aliphatic hydroxyl groups excluding tert-OH is 1. The molecule has 1 aliphatic heterocycles. The number of benzene rings is 1. The van der Waals surface area contributed by atoms with Crippen molar-refractivity contribution >= 4 is 16.7 Å². The predicted octanol–water partition coefficient (Wildman–Crippen LogP) is 2.40. The van der Waals surface area contributed by atoms with E-state index in [1.807, 2.05) is 55.6 Å². The van der Waals surface area contributed by atoms with Gasteiger partial charge in [0.05, 0.1) is 23.9 Å². The van der Waals surface area contributed by atoms with Crippen molar-refractivity contribution in [3.8, 4) is 11.6 Å². The molecule has 0 atom stereocenters. The van der Waals surface area contributed by atoms with E-state index in [0.29, 0.717) is 24.7 Å². The van der Waals surface area contributed by atoms with E-state index in [4.69, 9.17) is 4.74 Å². The molecule has 3 heterocycles. The van der Waals surface area contributed by atoms with Crippen LogP contribution in [-0.2, 0) is 0 Å². The Labute approximate surface area is 152 Å². The third-order valence-corrected chi connectivity index (χ3v) is 4.44. The molecule has 0 saturated carbocycles.